The van der Waals surface area contributed by atoms with E-state index in [1.54, 1.807) is 0 Å². The monoisotopic (exact) mass is 297 g/mol. The van der Waals surface area contributed by atoms with Gasteiger partial charge >= 0.3 is 5.97 Å². The first-order valence-corrected chi connectivity index (χ1v) is 6.92. The van der Waals surface area contributed by atoms with E-state index in [1.165, 1.54) is 12.1 Å². The van der Waals surface area contributed by atoms with Crippen LogP contribution in [0.2, 0.25) is 0 Å². The number of hydrogen-bond acceptors (Lipinski definition) is 2. The van der Waals surface area contributed by atoms with Gasteiger partial charge in [0.1, 0.15) is 0 Å². The van der Waals surface area contributed by atoms with Crippen LogP contribution in [0, 0.1) is 17.6 Å². The number of carbonyl (C=O) groups is 2. The smallest absolute Gasteiger partial charge is 0.306 e. The van der Waals surface area contributed by atoms with E-state index in [0.29, 0.717) is 19.3 Å². The number of amides is 1. The molecule has 0 bridgehead atoms. The minimum Gasteiger partial charge on any atom is -0.481 e. The van der Waals surface area contributed by atoms with Crippen molar-refractivity contribution in [3.63, 3.8) is 0 Å². The third kappa shape index (κ3) is 4.00. The lowest BCUT2D eigenvalue weighted by molar-refractivity contribution is -0.141. The second-order valence-electron chi connectivity index (χ2n) is 5.33. The standard InChI is InChI=1S/C15H17F2NO3/c16-12-3-1-2-9(14(12)17)5-7-13(19)18-11-6-4-10(8-11)15(20)21/h1-3,10-11H,4-8H2,(H,18,19)(H,20,21)/t10-,11+/m1/s1. The van der Waals surface area contributed by atoms with Crippen LogP contribution in [-0.2, 0) is 16.0 Å². The lowest BCUT2D eigenvalue weighted by Gasteiger charge is -2.12. The Morgan fingerprint density at radius 1 is 1.29 bits per heavy atom. The number of carboxylic acids is 1. The lowest BCUT2D eigenvalue weighted by Crippen LogP contribution is -2.33. The van der Waals surface area contributed by atoms with Crippen LogP contribution in [0.25, 0.3) is 0 Å². The van der Waals surface area contributed by atoms with E-state index < -0.39 is 23.5 Å². The number of hydrogen-bond donors (Lipinski definition) is 2. The van der Waals surface area contributed by atoms with Crippen LogP contribution < -0.4 is 5.32 Å². The molecule has 1 aromatic rings. The SMILES string of the molecule is O=C(CCc1cccc(F)c1F)N[C@H]1CC[C@@H](C(=O)O)C1. The fourth-order valence-corrected chi connectivity index (χ4v) is 2.63. The summed E-state index contributed by atoms with van der Waals surface area (Å²) >= 11 is 0. The molecule has 4 nitrogen and oxygen atoms in total. The maximum absolute atomic E-state index is 13.4. The molecule has 1 aliphatic rings. The van der Waals surface area contributed by atoms with Crippen LogP contribution in [0.3, 0.4) is 0 Å². The van der Waals surface area contributed by atoms with Gasteiger partial charge in [-0.2, -0.15) is 0 Å². The molecule has 0 saturated heterocycles. The minimum absolute atomic E-state index is 0.0502. The summed E-state index contributed by atoms with van der Waals surface area (Å²) in [5.41, 5.74) is 0.167. The summed E-state index contributed by atoms with van der Waals surface area (Å²) in [6.07, 6.45) is 1.78. The van der Waals surface area contributed by atoms with E-state index in [9.17, 15) is 18.4 Å². The van der Waals surface area contributed by atoms with E-state index >= 15 is 0 Å². The molecule has 1 saturated carbocycles. The Kier molecular flexibility index (Phi) is 4.88. The van der Waals surface area contributed by atoms with E-state index in [-0.39, 0.29) is 30.4 Å². The van der Waals surface area contributed by atoms with Crippen LogP contribution in [0.1, 0.15) is 31.2 Å². The van der Waals surface area contributed by atoms with Crippen molar-refractivity contribution in [3.05, 3.63) is 35.4 Å². The van der Waals surface area contributed by atoms with Crippen molar-refractivity contribution in [2.45, 2.75) is 38.1 Å². The van der Waals surface area contributed by atoms with E-state index in [4.69, 9.17) is 5.11 Å². The molecule has 21 heavy (non-hydrogen) atoms. The highest BCUT2D eigenvalue weighted by Gasteiger charge is 2.30. The predicted molar refractivity (Wildman–Crippen MR) is 71.6 cm³/mol. The fraction of sp³-hybridized carbons (Fsp3) is 0.467. The minimum atomic E-state index is -0.923. The van der Waals surface area contributed by atoms with E-state index in [0.717, 1.165) is 6.07 Å². The zero-order valence-corrected chi connectivity index (χ0v) is 11.4. The topological polar surface area (TPSA) is 66.4 Å². The Hall–Kier alpha value is -1.98. The van der Waals surface area contributed by atoms with Crippen molar-refractivity contribution in [2.75, 3.05) is 0 Å². The van der Waals surface area contributed by atoms with Gasteiger partial charge in [0, 0.05) is 12.5 Å². The third-order valence-electron chi connectivity index (χ3n) is 3.80. The van der Waals surface area contributed by atoms with Crippen molar-refractivity contribution in [2.24, 2.45) is 5.92 Å². The van der Waals surface area contributed by atoms with Gasteiger partial charge in [0.25, 0.3) is 0 Å². The summed E-state index contributed by atoms with van der Waals surface area (Å²) in [6, 6.07) is 3.74. The molecule has 1 fully saturated rings. The summed E-state index contributed by atoms with van der Waals surface area (Å²) in [4.78, 5) is 22.6. The van der Waals surface area contributed by atoms with Gasteiger partial charge in [0.05, 0.1) is 5.92 Å². The lowest BCUT2D eigenvalue weighted by atomic mass is 10.1. The van der Waals surface area contributed by atoms with Gasteiger partial charge in [-0.05, 0) is 37.3 Å². The van der Waals surface area contributed by atoms with Gasteiger partial charge in [-0.3, -0.25) is 9.59 Å². The van der Waals surface area contributed by atoms with Crippen LogP contribution >= 0.6 is 0 Å². The molecule has 2 rings (SSSR count). The molecule has 2 N–H and O–H groups in total. The van der Waals surface area contributed by atoms with Crippen LogP contribution in [0.5, 0.6) is 0 Å². The van der Waals surface area contributed by atoms with Gasteiger partial charge in [-0.15, -0.1) is 0 Å². The largest absolute Gasteiger partial charge is 0.481 e. The van der Waals surface area contributed by atoms with E-state index in [1.807, 2.05) is 0 Å². The molecule has 0 heterocycles. The molecule has 0 spiro atoms. The highest BCUT2D eigenvalue weighted by Crippen LogP contribution is 2.25. The molecule has 1 amide bonds. The molecule has 6 heteroatoms. The number of benzene rings is 1. The van der Waals surface area contributed by atoms with Crippen LogP contribution in [0.15, 0.2) is 18.2 Å². The number of halogens is 2. The Morgan fingerprint density at radius 3 is 2.71 bits per heavy atom. The van der Waals surface area contributed by atoms with Gasteiger partial charge < -0.3 is 10.4 Å². The first-order valence-electron chi connectivity index (χ1n) is 6.92. The number of aliphatic carboxylic acids is 1. The van der Waals surface area contributed by atoms with E-state index in [2.05, 4.69) is 5.32 Å². The average Bonchev–Trinajstić information content (AvgIpc) is 2.89. The number of nitrogens with one attached hydrogen (secondary N) is 1. The average molecular weight is 297 g/mol. The molecular formula is C15H17F2NO3. The summed E-state index contributed by atoms with van der Waals surface area (Å²) < 4.78 is 26.4. The molecule has 0 aliphatic heterocycles. The van der Waals surface area contributed by atoms with Crippen molar-refractivity contribution < 1.29 is 23.5 Å². The number of rotatable bonds is 5. The number of carbonyl (C=O) groups excluding carboxylic acids is 1. The predicted octanol–water partition coefficient (Wildman–Crippen LogP) is 2.27. The Balaban J connectivity index is 1.80. The maximum atomic E-state index is 13.4. The normalized spacial score (nSPS) is 21.2. The van der Waals surface area contributed by atoms with Gasteiger partial charge in [0.2, 0.25) is 5.91 Å². The van der Waals surface area contributed by atoms with Gasteiger partial charge in [-0.25, -0.2) is 8.78 Å². The third-order valence-corrected chi connectivity index (χ3v) is 3.80. The summed E-state index contributed by atoms with van der Waals surface area (Å²) in [5.74, 6) is -3.36. The maximum Gasteiger partial charge on any atom is 0.306 e. The van der Waals surface area contributed by atoms with Crippen molar-refractivity contribution in [1.82, 2.24) is 5.32 Å². The number of aryl methyl sites for hydroxylation is 1. The van der Waals surface area contributed by atoms with Crippen molar-refractivity contribution in [1.29, 1.82) is 0 Å². The first kappa shape index (κ1) is 15.4. The molecule has 2 atom stereocenters. The molecule has 0 aromatic heterocycles. The highest BCUT2D eigenvalue weighted by atomic mass is 19.2. The zero-order valence-electron chi connectivity index (χ0n) is 11.4. The quantitative estimate of drug-likeness (QED) is 0.876. The fourth-order valence-electron chi connectivity index (χ4n) is 2.63. The Morgan fingerprint density at radius 2 is 2.05 bits per heavy atom. The molecular weight excluding hydrogens is 280 g/mol. The Bertz CT molecular complexity index is 548. The van der Waals surface area contributed by atoms with Crippen LogP contribution in [-0.4, -0.2) is 23.0 Å². The molecule has 0 unspecified atom stereocenters. The van der Waals surface area contributed by atoms with Crippen molar-refractivity contribution >= 4 is 11.9 Å². The van der Waals surface area contributed by atoms with Gasteiger partial charge in [-0.1, -0.05) is 12.1 Å². The summed E-state index contributed by atoms with van der Waals surface area (Å²) in [6.45, 7) is 0. The molecule has 0 radical (unpaired) electrons. The molecule has 114 valence electrons. The summed E-state index contributed by atoms with van der Waals surface area (Å²) in [5, 5.41) is 11.6. The molecule has 1 aliphatic carbocycles. The highest BCUT2D eigenvalue weighted by molar-refractivity contribution is 5.77. The first-order chi connectivity index (χ1) is 9.97. The number of carboxylic acid groups (broad SMARTS) is 1. The van der Waals surface area contributed by atoms with Crippen molar-refractivity contribution in [3.8, 4) is 0 Å². The van der Waals surface area contributed by atoms with Gasteiger partial charge in [0.15, 0.2) is 11.6 Å². The molecule has 1 aromatic carbocycles. The second-order valence-corrected chi connectivity index (χ2v) is 5.33. The second kappa shape index (κ2) is 6.65. The van der Waals surface area contributed by atoms with Crippen LogP contribution in [0.4, 0.5) is 8.78 Å². The zero-order chi connectivity index (χ0) is 15.4. The Labute approximate surface area is 121 Å². The summed E-state index contributed by atoms with van der Waals surface area (Å²) in [7, 11) is 0.